The number of rotatable bonds is 2. The summed E-state index contributed by atoms with van der Waals surface area (Å²) in [5.41, 5.74) is 0.0543. The molecule has 57 valence electrons. The van der Waals surface area contributed by atoms with E-state index in [1.807, 2.05) is 0 Å². The van der Waals surface area contributed by atoms with Crippen LogP contribution in [-0.4, -0.2) is 16.1 Å². The number of aromatic carboxylic acids is 1. The third-order valence-corrected chi connectivity index (χ3v) is 1.70. The van der Waals surface area contributed by atoms with Crippen LogP contribution in [-0.2, 0) is 0 Å². The molecule has 0 aliphatic heterocycles. The molecule has 0 aromatic carbocycles. The van der Waals surface area contributed by atoms with Gasteiger partial charge in [0.15, 0.2) is 0 Å². The molecule has 0 bridgehead atoms. The van der Waals surface area contributed by atoms with Gasteiger partial charge in [0.05, 0.1) is 0 Å². The molecule has 3 nitrogen and oxygen atoms in total. The maximum atomic E-state index is 10.4. The number of hydrogen-bond donors (Lipinski definition) is 1. The van der Waals surface area contributed by atoms with E-state index >= 15 is 0 Å². The van der Waals surface area contributed by atoms with E-state index in [4.69, 9.17) is 5.11 Å². The van der Waals surface area contributed by atoms with Gasteiger partial charge in [0.2, 0.25) is 0 Å². The van der Waals surface area contributed by atoms with Crippen molar-refractivity contribution in [3.05, 3.63) is 30.3 Å². The van der Waals surface area contributed by atoms with Crippen LogP contribution in [0.5, 0.6) is 0 Å². The molecule has 1 aromatic heterocycles. The van der Waals surface area contributed by atoms with Gasteiger partial charge in [-0.3, -0.25) is 0 Å². The summed E-state index contributed by atoms with van der Waals surface area (Å²) in [4.78, 5) is 14.8. The molecule has 0 saturated carbocycles. The van der Waals surface area contributed by atoms with Gasteiger partial charge in [-0.1, -0.05) is 0 Å². The first-order valence-electron chi connectivity index (χ1n) is 2.85. The minimum atomic E-state index is -1.01. The molecule has 0 aliphatic rings. The fraction of sp³-hybridized carbons (Fsp3) is 0. The smallest absolute Gasteiger partial charge is 0.354 e. The highest BCUT2D eigenvalue weighted by Crippen LogP contribution is 2.15. The van der Waals surface area contributed by atoms with Gasteiger partial charge < -0.3 is 5.11 Å². The van der Waals surface area contributed by atoms with E-state index < -0.39 is 5.97 Å². The summed E-state index contributed by atoms with van der Waals surface area (Å²) in [5.74, 6) is -1.01. The molecule has 0 atom stereocenters. The Bertz CT molecular complexity index is 275. The second-order valence-electron chi connectivity index (χ2n) is 1.83. The van der Waals surface area contributed by atoms with Crippen molar-refractivity contribution in [2.75, 3.05) is 0 Å². The van der Waals surface area contributed by atoms with Crippen molar-refractivity contribution in [3.63, 3.8) is 0 Å². The van der Waals surface area contributed by atoms with Crippen LogP contribution >= 0.6 is 11.8 Å². The lowest BCUT2D eigenvalue weighted by Crippen LogP contribution is -1.98. The molecule has 1 aromatic rings. The zero-order valence-electron chi connectivity index (χ0n) is 5.65. The number of carboxylic acid groups (broad SMARTS) is 1. The molecule has 0 saturated heterocycles. The SMILES string of the molecule is [CH2]Sc1ccnc(C(=O)O)c1. The van der Waals surface area contributed by atoms with Crippen LogP contribution in [0.4, 0.5) is 0 Å². The fourth-order valence-electron chi connectivity index (χ4n) is 0.618. The van der Waals surface area contributed by atoms with E-state index in [1.54, 1.807) is 6.07 Å². The monoisotopic (exact) mass is 168 g/mol. The van der Waals surface area contributed by atoms with Gasteiger partial charge in [0, 0.05) is 17.3 Å². The molecule has 0 spiro atoms. The van der Waals surface area contributed by atoms with Gasteiger partial charge in [-0.15, -0.1) is 11.8 Å². The first-order chi connectivity index (χ1) is 5.24. The summed E-state index contributed by atoms with van der Waals surface area (Å²) in [6.07, 6.45) is 5.01. The predicted octanol–water partition coefficient (Wildman–Crippen LogP) is 1.66. The van der Waals surface area contributed by atoms with E-state index in [2.05, 4.69) is 11.2 Å². The summed E-state index contributed by atoms with van der Waals surface area (Å²) in [5, 5.41) is 8.51. The molecule has 0 fully saturated rings. The maximum Gasteiger partial charge on any atom is 0.354 e. The lowest BCUT2D eigenvalue weighted by atomic mass is 10.4. The Morgan fingerprint density at radius 1 is 1.73 bits per heavy atom. The van der Waals surface area contributed by atoms with Crippen molar-refractivity contribution in [2.45, 2.75) is 4.90 Å². The largest absolute Gasteiger partial charge is 0.477 e. The van der Waals surface area contributed by atoms with Crippen molar-refractivity contribution in [2.24, 2.45) is 0 Å². The van der Waals surface area contributed by atoms with Crippen molar-refractivity contribution < 1.29 is 9.90 Å². The van der Waals surface area contributed by atoms with Gasteiger partial charge in [0.25, 0.3) is 0 Å². The van der Waals surface area contributed by atoms with Crippen LogP contribution in [0.25, 0.3) is 0 Å². The molecule has 0 unspecified atom stereocenters. The van der Waals surface area contributed by atoms with E-state index in [0.29, 0.717) is 0 Å². The van der Waals surface area contributed by atoms with E-state index in [9.17, 15) is 4.79 Å². The maximum absolute atomic E-state index is 10.4. The molecule has 1 rings (SSSR count). The van der Waals surface area contributed by atoms with Crippen molar-refractivity contribution in [1.82, 2.24) is 4.98 Å². The normalized spacial score (nSPS) is 9.55. The predicted molar refractivity (Wildman–Crippen MR) is 42.4 cm³/mol. The summed E-state index contributed by atoms with van der Waals surface area (Å²) in [6.45, 7) is 0. The quantitative estimate of drug-likeness (QED) is 0.682. The zero-order chi connectivity index (χ0) is 8.27. The second-order valence-corrected chi connectivity index (χ2v) is 2.59. The average Bonchev–Trinajstić information content (AvgIpc) is 2.05. The highest BCUT2D eigenvalue weighted by atomic mass is 32.2. The molecule has 0 amide bonds. The summed E-state index contributed by atoms with van der Waals surface area (Å²) in [6, 6.07) is 3.20. The number of hydrogen-bond acceptors (Lipinski definition) is 3. The Morgan fingerprint density at radius 3 is 3.00 bits per heavy atom. The standard InChI is InChI=1S/C7H6NO2S/c1-11-5-2-3-8-6(4-5)7(9)10/h2-4H,1H2,(H,9,10). The van der Waals surface area contributed by atoms with Crippen LogP contribution in [0.1, 0.15) is 10.5 Å². The van der Waals surface area contributed by atoms with Gasteiger partial charge in [0.1, 0.15) is 5.69 Å². The summed E-state index contributed by atoms with van der Waals surface area (Å²) < 4.78 is 0. The minimum absolute atomic E-state index is 0.0543. The number of thioether (sulfide) groups is 1. The molecule has 0 aliphatic carbocycles. The molecular formula is C7H6NO2S. The number of nitrogens with zero attached hydrogens (tertiary/aromatic N) is 1. The van der Waals surface area contributed by atoms with Crippen molar-refractivity contribution in [3.8, 4) is 0 Å². The second kappa shape index (κ2) is 3.39. The Hall–Kier alpha value is -1.03. The van der Waals surface area contributed by atoms with E-state index in [1.165, 1.54) is 24.0 Å². The molecule has 4 heteroatoms. The average molecular weight is 168 g/mol. The van der Waals surface area contributed by atoms with Gasteiger partial charge >= 0.3 is 5.97 Å². The molecule has 1 radical (unpaired) electrons. The molecule has 11 heavy (non-hydrogen) atoms. The van der Waals surface area contributed by atoms with Crippen LogP contribution in [0.3, 0.4) is 0 Å². The molecule has 1 heterocycles. The number of carboxylic acids is 1. The van der Waals surface area contributed by atoms with Crippen molar-refractivity contribution in [1.29, 1.82) is 0 Å². The van der Waals surface area contributed by atoms with Gasteiger partial charge in [-0.05, 0) is 12.1 Å². The topological polar surface area (TPSA) is 50.2 Å². The summed E-state index contributed by atoms with van der Waals surface area (Å²) in [7, 11) is 0. The number of carbonyl (C=O) groups is 1. The van der Waals surface area contributed by atoms with E-state index in [-0.39, 0.29) is 5.69 Å². The summed E-state index contributed by atoms with van der Waals surface area (Å²) >= 11 is 1.25. The lowest BCUT2D eigenvalue weighted by Gasteiger charge is -1.95. The highest BCUT2D eigenvalue weighted by molar-refractivity contribution is 8.00. The fourth-order valence-corrected chi connectivity index (χ4v) is 0.970. The third kappa shape index (κ3) is 1.94. The molecule has 1 N–H and O–H groups in total. The van der Waals surface area contributed by atoms with Crippen LogP contribution < -0.4 is 0 Å². The zero-order valence-corrected chi connectivity index (χ0v) is 6.47. The Balaban J connectivity index is 3.01. The number of aromatic nitrogens is 1. The van der Waals surface area contributed by atoms with Crippen LogP contribution in [0.2, 0.25) is 0 Å². The minimum Gasteiger partial charge on any atom is -0.477 e. The number of pyridine rings is 1. The molecular weight excluding hydrogens is 162 g/mol. The van der Waals surface area contributed by atoms with Gasteiger partial charge in [-0.2, -0.15) is 0 Å². The van der Waals surface area contributed by atoms with Crippen LogP contribution in [0, 0.1) is 6.26 Å². The third-order valence-electron chi connectivity index (χ3n) is 1.12. The first kappa shape index (κ1) is 8.07. The van der Waals surface area contributed by atoms with Gasteiger partial charge in [-0.25, -0.2) is 9.78 Å². The Labute approximate surface area is 68.5 Å². The Morgan fingerprint density at radius 2 is 2.45 bits per heavy atom. The van der Waals surface area contributed by atoms with Crippen molar-refractivity contribution >= 4 is 17.7 Å². The van der Waals surface area contributed by atoms with Crippen LogP contribution in [0.15, 0.2) is 23.2 Å². The first-order valence-corrected chi connectivity index (χ1v) is 3.84. The highest BCUT2D eigenvalue weighted by Gasteiger charge is 2.03. The van der Waals surface area contributed by atoms with E-state index in [0.717, 1.165) is 4.90 Å². The lowest BCUT2D eigenvalue weighted by molar-refractivity contribution is 0.0690. The Kier molecular flexibility index (Phi) is 2.48.